The van der Waals surface area contributed by atoms with Crippen LogP contribution in [0.2, 0.25) is 0 Å². The Morgan fingerprint density at radius 1 is 1.47 bits per heavy atom. The molecule has 1 amide bonds. The fraction of sp³-hybridized carbons (Fsp3) is 0.500. The number of halogens is 1. The summed E-state index contributed by atoms with van der Waals surface area (Å²) < 4.78 is 27.5. The molecule has 1 aromatic rings. The van der Waals surface area contributed by atoms with Gasteiger partial charge < -0.3 is 4.74 Å². The molecule has 19 heavy (non-hydrogen) atoms. The van der Waals surface area contributed by atoms with Crippen LogP contribution in [0.5, 0.6) is 5.88 Å². The number of amides is 1. The number of carbonyl (C=O) groups excluding carboxylic acids is 1. The van der Waals surface area contributed by atoms with Gasteiger partial charge in [-0.1, -0.05) is 0 Å². The highest BCUT2D eigenvalue weighted by atomic mass is 35.7. The molecule has 0 saturated carbocycles. The summed E-state index contributed by atoms with van der Waals surface area (Å²) >= 11 is 0. The molecule has 9 heteroatoms. The highest BCUT2D eigenvalue weighted by Crippen LogP contribution is 2.25. The van der Waals surface area contributed by atoms with Gasteiger partial charge in [-0.15, -0.1) is 0 Å². The largest absolute Gasteiger partial charge is 0.481 e. The number of hydrogen-bond acceptors (Lipinski definition) is 6. The number of ether oxygens (including phenoxy) is 1. The molecule has 0 aromatic carbocycles. The monoisotopic (exact) mass is 305 g/mol. The van der Waals surface area contributed by atoms with E-state index in [4.69, 9.17) is 15.4 Å². The van der Waals surface area contributed by atoms with Gasteiger partial charge in [-0.3, -0.25) is 9.69 Å². The first-order valence-electron chi connectivity index (χ1n) is 5.45. The lowest BCUT2D eigenvalue weighted by Crippen LogP contribution is -2.28. The van der Waals surface area contributed by atoms with Crippen molar-refractivity contribution in [2.75, 3.05) is 18.6 Å². The van der Waals surface area contributed by atoms with E-state index in [1.807, 2.05) is 0 Å². The van der Waals surface area contributed by atoms with E-state index in [0.717, 1.165) is 0 Å². The Labute approximate surface area is 115 Å². The van der Waals surface area contributed by atoms with E-state index in [1.165, 1.54) is 12.0 Å². The number of methoxy groups -OCH3 is 1. The number of aromatic nitrogens is 2. The lowest BCUT2D eigenvalue weighted by molar-refractivity contribution is -0.117. The molecule has 1 aliphatic rings. The molecule has 1 atom stereocenters. The second-order valence-electron chi connectivity index (χ2n) is 4.16. The summed E-state index contributed by atoms with van der Waals surface area (Å²) in [4.78, 5) is 21.2. The molecule has 7 nitrogen and oxygen atoms in total. The Hall–Kier alpha value is -1.41. The highest BCUT2D eigenvalue weighted by Gasteiger charge is 2.39. The fourth-order valence-electron chi connectivity index (χ4n) is 1.81. The van der Waals surface area contributed by atoms with Crippen LogP contribution in [0.25, 0.3) is 0 Å². The van der Waals surface area contributed by atoms with Crippen LogP contribution in [0.4, 0.5) is 5.95 Å². The van der Waals surface area contributed by atoms with Gasteiger partial charge in [0.1, 0.15) is 5.25 Å². The van der Waals surface area contributed by atoms with Gasteiger partial charge in [-0.25, -0.2) is 13.4 Å². The Balaban J connectivity index is 2.33. The molecule has 2 heterocycles. The number of carbonyl (C=O) groups is 1. The van der Waals surface area contributed by atoms with Crippen LogP contribution in [0, 0.1) is 6.92 Å². The second-order valence-corrected chi connectivity index (χ2v) is 7.07. The van der Waals surface area contributed by atoms with E-state index in [2.05, 4.69) is 9.97 Å². The molecular formula is C10H12ClN3O4S. The topological polar surface area (TPSA) is 89.5 Å². The normalized spacial score (nSPS) is 19.8. The maximum absolute atomic E-state index is 11.8. The number of anilines is 1. The van der Waals surface area contributed by atoms with Crippen molar-refractivity contribution in [3.05, 3.63) is 11.8 Å². The molecule has 1 aromatic heterocycles. The van der Waals surface area contributed by atoms with Crippen LogP contribution in [0.1, 0.15) is 12.1 Å². The summed E-state index contributed by atoms with van der Waals surface area (Å²) in [6, 6.07) is 1.61. The molecule has 1 saturated heterocycles. The third-order valence-corrected chi connectivity index (χ3v) is 4.63. The molecule has 104 valence electrons. The molecule has 0 N–H and O–H groups in total. The minimum Gasteiger partial charge on any atom is -0.481 e. The van der Waals surface area contributed by atoms with Crippen molar-refractivity contribution in [2.24, 2.45) is 0 Å². The van der Waals surface area contributed by atoms with Gasteiger partial charge in [0.05, 0.1) is 7.11 Å². The third kappa shape index (κ3) is 2.95. The summed E-state index contributed by atoms with van der Waals surface area (Å²) in [6.07, 6.45) is -0.161. The van der Waals surface area contributed by atoms with E-state index in [-0.39, 0.29) is 24.8 Å². The number of nitrogens with zero attached hydrogens (tertiary/aromatic N) is 3. The van der Waals surface area contributed by atoms with E-state index in [9.17, 15) is 13.2 Å². The number of aryl methyl sites for hydroxylation is 1. The molecule has 1 fully saturated rings. The van der Waals surface area contributed by atoms with Crippen molar-refractivity contribution < 1.29 is 17.9 Å². The Morgan fingerprint density at radius 2 is 2.16 bits per heavy atom. The molecule has 0 bridgehead atoms. The Bertz CT molecular complexity index is 619. The van der Waals surface area contributed by atoms with Gasteiger partial charge in [0, 0.05) is 35.4 Å². The summed E-state index contributed by atoms with van der Waals surface area (Å²) in [5, 5.41) is -0.934. The van der Waals surface area contributed by atoms with Gasteiger partial charge in [0.15, 0.2) is 0 Å². The summed E-state index contributed by atoms with van der Waals surface area (Å²) in [5.41, 5.74) is 0.617. The zero-order valence-corrected chi connectivity index (χ0v) is 11.9. The quantitative estimate of drug-likeness (QED) is 0.754. The molecule has 2 rings (SSSR count). The zero-order chi connectivity index (χ0) is 14.2. The zero-order valence-electron chi connectivity index (χ0n) is 10.3. The molecule has 1 unspecified atom stereocenters. The lowest BCUT2D eigenvalue weighted by Gasteiger charge is -2.15. The van der Waals surface area contributed by atoms with Gasteiger partial charge >= 0.3 is 0 Å². The minimum absolute atomic E-state index is 0.0444. The molecule has 0 spiro atoms. The van der Waals surface area contributed by atoms with Crippen molar-refractivity contribution in [2.45, 2.75) is 18.6 Å². The minimum atomic E-state index is -3.78. The van der Waals surface area contributed by atoms with Crippen LogP contribution in [-0.2, 0) is 13.8 Å². The van der Waals surface area contributed by atoms with E-state index >= 15 is 0 Å². The average molecular weight is 306 g/mol. The van der Waals surface area contributed by atoms with Crippen LogP contribution >= 0.6 is 10.7 Å². The van der Waals surface area contributed by atoms with Gasteiger partial charge in [-0.2, -0.15) is 4.98 Å². The van der Waals surface area contributed by atoms with E-state index < -0.39 is 14.3 Å². The Morgan fingerprint density at radius 3 is 2.68 bits per heavy atom. The summed E-state index contributed by atoms with van der Waals surface area (Å²) in [6.45, 7) is 1.68. The number of rotatable bonds is 3. The molecular weight excluding hydrogens is 294 g/mol. The maximum atomic E-state index is 11.8. The summed E-state index contributed by atoms with van der Waals surface area (Å²) in [5.74, 6) is 0.0685. The van der Waals surface area contributed by atoms with Crippen molar-refractivity contribution in [3.63, 3.8) is 0 Å². The fourth-order valence-corrected chi connectivity index (χ4v) is 2.83. The van der Waals surface area contributed by atoms with Crippen molar-refractivity contribution >= 4 is 31.6 Å². The van der Waals surface area contributed by atoms with Crippen LogP contribution < -0.4 is 9.64 Å². The molecule has 0 radical (unpaired) electrons. The Kier molecular flexibility index (Phi) is 3.64. The first-order chi connectivity index (χ1) is 8.81. The first kappa shape index (κ1) is 14.0. The maximum Gasteiger partial charge on any atom is 0.237 e. The van der Waals surface area contributed by atoms with Gasteiger partial charge in [0.2, 0.25) is 26.8 Å². The van der Waals surface area contributed by atoms with Crippen molar-refractivity contribution in [3.8, 4) is 5.88 Å². The van der Waals surface area contributed by atoms with Crippen molar-refractivity contribution in [1.29, 1.82) is 0 Å². The first-order valence-corrected chi connectivity index (χ1v) is 7.82. The SMILES string of the molecule is COc1cc(C)nc(N2CC(S(=O)(=O)Cl)CC2=O)n1. The smallest absolute Gasteiger partial charge is 0.237 e. The average Bonchev–Trinajstić information content (AvgIpc) is 2.70. The van der Waals surface area contributed by atoms with E-state index in [0.29, 0.717) is 11.6 Å². The predicted molar refractivity (Wildman–Crippen MR) is 68.9 cm³/mol. The van der Waals surface area contributed by atoms with Crippen LogP contribution in [-0.4, -0.2) is 43.2 Å². The third-order valence-electron chi connectivity index (χ3n) is 2.76. The van der Waals surface area contributed by atoms with Crippen LogP contribution in [0.3, 0.4) is 0 Å². The van der Waals surface area contributed by atoms with Gasteiger partial charge in [0.25, 0.3) is 0 Å². The van der Waals surface area contributed by atoms with Crippen LogP contribution in [0.15, 0.2) is 6.07 Å². The standard InChI is InChI=1S/C10H12ClN3O4S/c1-6-3-8(18-2)13-10(12-6)14-5-7(4-9(14)15)19(11,16)17/h3,7H,4-5H2,1-2H3. The van der Waals surface area contributed by atoms with Gasteiger partial charge in [-0.05, 0) is 6.92 Å². The predicted octanol–water partition coefficient (Wildman–Crippen LogP) is 0.468. The lowest BCUT2D eigenvalue weighted by atomic mass is 10.4. The van der Waals surface area contributed by atoms with E-state index in [1.54, 1.807) is 13.0 Å². The number of hydrogen-bond donors (Lipinski definition) is 0. The second kappa shape index (κ2) is 4.93. The molecule has 1 aliphatic heterocycles. The summed E-state index contributed by atoms with van der Waals surface area (Å²) in [7, 11) is 2.94. The molecule has 0 aliphatic carbocycles. The van der Waals surface area contributed by atoms with Crippen molar-refractivity contribution in [1.82, 2.24) is 9.97 Å². The highest BCUT2D eigenvalue weighted by molar-refractivity contribution is 8.14.